The monoisotopic (exact) mass is 291 g/mol. The van der Waals surface area contributed by atoms with Crippen LogP contribution in [0, 0.1) is 5.92 Å². The molecule has 0 aromatic heterocycles. The summed E-state index contributed by atoms with van der Waals surface area (Å²) in [4.78, 5) is 25.2. The van der Waals surface area contributed by atoms with Crippen LogP contribution in [0.4, 0.5) is 10.5 Å². The number of likely N-dealkylation sites (tertiary alicyclic amines) is 1. The van der Waals surface area contributed by atoms with Crippen molar-refractivity contribution < 1.29 is 14.7 Å². The Morgan fingerprint density at radius 3 is 2.71 bits per heavy atom. The van der Waals surface area contributed by atoms with Crippen LogP contribution in [0.25, 0.3) is 0 Å². The summed E-state index contributed by atoms with van der Waals surface area (Å²) in [5, 5.41) is 15.0. The molecular weight excluding hydrogens is 270 g/mol. The number of nitrogens with zero attached hydrogens (tertiary/aromatic N) is 1. The fourth-order valence-electron chi connectivity index (χ4n) is 2.24. The van der Waals surface area contributed by atoms with Gasteiger partial charge in [-0.3, -0.25) is 4.79 Å². The highest BCUT2D eigenvalue weighted by molar-refractivity contribution is 5.92. The number of para-hydroxylation sites is 1. The molecule has 2 unspecified atom stereocenters. The van der Waals surface area contributed by atoms with Gasteiger partial charge in [-0.1, -0.05) is 25.1 Å². The molecule has 1 fully saturated rings. The minimum Gasteiger partial charge on any atom is -0.391 e. The zero-order chi connectivity index (χ0) is 15.2. The molecule has 1 aromatic carbocycles. The second-order valence-electron chi connectivity index (χ2n) is 5.35. The molecule has 1 aliphatic heterocycles. The van der Waals surface area contributed by atoms with E-state index in [4.69, 9.17) is 0 Å². The van der Waals surface area contributed by atoms with Crippen molar-refractivity contribution in [3.8, 4) is 0 Å². The average Bonchev–Trinajstić information content (AvgIpc) is 2.48. The number of nitrogens with one attached hydrogen (secondary N) is 2. The summed E-state index contributed by atoms with van der Waals surface area (Å²) in [6, 6.07) is 8.61. The van der Waals surface area contributed by atoms with E-state index in [1.807, 2.05) is 25.1 Å². The number of benzene rings is 1. The maximum atomic E-state index is 12.0. The highest BCUT2D eigenvalue weighted by Gasteiger charge is 2.27. The predicted octanol–water partition coefficient (Wildman–Crippen LogP) is 1.04. The number of carbonyl (C=O) groups excluding carboxylic acids is 2. The lowest BCUT2D eigenvalue weighted by Gasteiger charge is -2.34. The van der Waals surface area contributed by atoms with E-state index < -0.39 is 12.1 Å². The molecule has 0 bridgehead atoms. The topological polar surface area (TPSA) is 81.7 Å². The second kappa shape index (κ2) is 7.08. The van der Waals surface area contributed by atoms with E-state index in [2.05, 4.69) is 10.6 Å². The van der Waals surface area contributed by atoms with Gasteiger partial charge < -0.3 is 20.6 Å². The Morgan fingerprint density at radius 2 is 2.05 bits per heavy atom. The Bertz CT molecular complexity index is 492. The summed E-state index contributed by atoms with van der Waals surface area (Å²) in [5.41, 5.74) is 0.671. The molecule has 0 spiro atoms. The van der Waals surface area contributed by atoms with E-state index in [0.29, 0.717) is 18.8 Å². The van der Waals surface area contributed by atoms with E-state index in [1.165, 1.54) is 0 Å². The molecule has 114 valence electrons. The summed E-state index contributed by atoms with van der Waals surface area (Å²) in [5.74, 6) is 0.0348. The fraction of sp³-hybridized carbons (Fsp3) is 0.467. The van der Waals surface area contributed by atoms with E-state index >= 15 is 0 Å². The molecule has 6 nitrogen and oxygen atoms in total. The number of rotatable bonds is 3. The zero-order valence-corrected chi connectivity index (χ0v) is 12.1. The van der Waals surface area contributed by atoms with Gasteiger partial charge in [0.05, 0.1) is 12.6 Å². The Morgan fingerprint density at radius 1 is 1.33 bits per heavy atom. The van der Waals surface area contributed by atoms with Crippen molar-refractivity contribution in [3.05, 3.63) is 30.3 Å². The first kappa shape index (κ1) is 15.3. The third-order valence-corrected chi connectivity index (χ3v) is 3.70. The number of aliphatic hydroxyl groups excluding tert-OH is 1. The molecule has 2 rings (SSSR count). The summed E-state index contributed by atoms with van der Waals surface area (Å²) >= 11 is 0. The normalized spacial score (nSPS) is 21.7. The van der Waals surface area contributed by atoms with Crippen molar-refractivity contribution in [2.75, 3.05) is 25.0 Å². The van der Waals surface area contributed by atoms with Gasteiger partial charge in [-0.05, 0) is 24.5 Å². The van der Waals surface area contributed by atoms with Crippen molar-refractivity contribution in [1.82, 2.24) is 10.2 Å². The van der Waals surface area contributed by atoms with Gasteiger partial charge in [0.1, 0.15) is 0 Å². The number of aliphatic hydroxyl groups is 1. The Kier molecular flexibility index (Phi) is 5.16. The van der Waals surface area contributed by atoms with E-state index in [-0.39, 0.29) is 18.4 Å². The van der Waals surface area contributed by atoms with Gasteiger partial charge in [-0.2, -0.15) is 0 Å². The summed E-state index contributed by atoms with van der Waals surface area (Å²) in [7, 11) is 0. The number of hydrogen-bond donors (Lipinski definition) is 3. The van der Waals surface area contributed by atoms with Crippen LogP contribution in [0.5, 0.6) is 0 Å². The van der Waals surface area contributed by atoms with Gasteiger partial charge in [-0.25, -0.2) is 4.79 Å². The summed E-state index contributed by atoms with van der Waals surface area (Å²) in [6.45, 7) is 2.86. The van der Waals surface area contributed by atoms with Crippen LogP contribution < -0.4 is 10.6 Å². The number of piperidine rings is 1. The van der Waals surface area contributed by atoms with Gasteiger partial charge in [0.25, 0.3) is 0 Å². The Balaban J connectivity index is 1.75. The van der Waals surface area contributed by atoms with Crippen LogP contribution in [0.1, 0.15) is 13.3 Å². The number of amides is 3. The molecule has 1 saturated heterocycles. The van der Waals surface area contributed by atoms with Crippen molar-refractivity contribution in [3.63, 3.8) is 0 Å². The highest BCUT2D eigenvalue weighted by Crippen LogP contribution is 2.16. The van der Waals surface area contributed by atoms with Crippen molar-refractivity contribution >= 4 is 17.6 Å². The molecule has 1 aromatic rings. The number of hydrogen-bond acceptors (Lipinski definition) is 3. The lowest BCUT2D eigenvalue weighted by Crippen LogP contribution is -2.49. The number of β-amino-alcohol motifs (C(OH)–C–C–N with tert-alkyl or cyclic N) is 1. The molecular formula is C15H21N3O3. The maximum absolute atomic E-state index is 12.0. The maximum Gasteiger partial charge on any atom is 0.319 e. The molecule has 6 heteroatoms. The number of anilines is 1. The Labute approximate surface area is 124 Å². The molecule has 3 amide bonds. The molecule has 0 radical (unpaired) electrons. The number of urea groups is 1. The highest BCUT2D eigenvalue weighted by atomic mass is 16.3. The SMILES string of the molecule is CC1CCN(C(=O)CNC(=O)Nc2ccccc2)CC1O. The lowest BCUT2D eigenvalue weighted by atomic mass is 9.96. The van der Waals surface area contributed by atoms with Crippen LogP contribution in [-0.2, 0) is 4.79 Å². The van der Waals surface area contributed by atoms with Gasteiger partial charge in [0.15, 0.2) is 0 Å². The largest absolute Gasteiger partial charge is 0.391 e. The molecule has 0 aliphatic carbocycles. The standard InChI is InChI=1S/C15H21N3O3/c1-11-7-8-18(10-13(11)19)14(20)9-16-15(21)17-12-5-3-2-4-6-12/h2-6,11,13,19H,7-10H2,1H3,(H2,16,17,21). The van der Waals surface area contributed by atoms with Gasteiger partial charge in [0.2, 0.25) is 5.91 Å². The van der Waals surface area contributed by atoms with Crippen LogP contribution >= 0.6 is 0 Å². The van der Waals surface area contributed by atoms with Gasteiger partial charge in [0, 0.05) is 18.8 Å². The molecule has 1 aliphatic rings. The quantitative estimate of drug-likeness (QED) is 0.778. The van der Waals surface area contributed by atoms with Gasteiger partial charge in [-0.15, -0.1) is 0 Å². The second-order valence-corrected chi connectivity index (χ2v) is 5.35. The minimum atomic E-state index is -0.485. The third kappa shape index (κ3) is 4.46. The lowest BCUT2D eigenvalue weighted by molar-refractivity contribution is -0.134. The minimum absolute atomic E-state index is 0.0697. The van der Waals surface area contributed by atoms with Crippen LogP contribution in [0.3, 0.4) is 0 Å². The zero-order valence-electron chi connectivity index (χ0n) is 12.1. The third-order valence-electron chi connectivity index (χ3n) is 3.70. The van der Waals surface area contributed by atoms with Crippen LogP contribution in [0.2, 0.25) is 0 Å². The van der Waals surface area contributed by atoms with Crippen molar-refractivity contribution in [2.45, 2.75) is 19.4 Å². The smallest absolute Gasteiger partial charge is 0.319 e. The summed E-state index contributed by atoms with van der Waals surface area (Å²) in [6.07, 6.45) is 0.296. The van der Waals surface area contributed by atoms with Gasteiger partial charge >= 0.3 is 6.03 Å². The Hall–Kier alpha value is -2.08. The molecule has 21 heavy (non-hydrogen) atoms. The fourth-order valence-corrected chi connectivity index (χ4v) is 2.24. The van der Waals surface area contributed by atoms with E-state index in [9.17, 15) is 14.7 Å². The van der Waals surface area contributed by atoms with Crippen molar-refractivity contribution in [2.24, 2.45) is 5.92 Å². The number of carbonyl (C=O) groups is 2. The van der Waals surface area contributed by atoms with E-state index in [1.54, 1.807) is 17.0 Å². The van der Waals surface area contributed by atoms with Crippen LogP contribution in [-0.4, -0.2) is 47.7 Å². The summed E-state index contributed by atoms with van der Waals surface area (Å²) < 4.78 is 0. The van der Waals surface area contributed by atoms with Crippen LogP contribution in [0.15, 0.2) is 30.3 Å². The molecule has 3 N–H and O–H groups in total. The van der Waals surface area contributed by atoms with Crippen molar-refractivity contribution in [1.29, 1.82) is 0 Å². The average molecular weight is 291 g/mol. The first-order chi connectivity index (χ1) is 10.1. The molecule has 1 heterocycles. The van der Waals surface area contributed by atoms with E-state index in [0.717, 1.165) is 6.42 Å². The molecule has 2 atom stereocenters. The predicted molar refractivity (Wildman–Crippen MR) is 79.8 cm³/mol. The first-order valence-corrected chi connectivity index (χ1v) is 7.12. The molecule has 0 saturated carbocycles. The first-order valence-electron chi connectivity index (χ1n) is 7.12.